The van der Waals surface area contributed by atoms with Crippen LogP contribution in [0, 0.1) is 0 Å². The molecular formula is C14H19N3O. The number of aromatic nitrogens is 2. The fourth-order valence-corrected chi connectivity index (χ4v) is 2.55. The molecule has 0 radical (unpaired) electrons. The monoisotopic (exact) mass is 245 g/mol. The van der Waals surface area contributed by atoms with E-state index in [2.05, 4.69) is 34.6 Å². The van der Waals surface area contributed by atoms with Crippen molar-refractivity contribution in [2.24, 2.45) is 0 Å². The van der Waals surface area contributed by atoms with Crippen molar-refractivity contribution in [2.75, 3.05) is 27.2 Å². The molecule has 0 aliphatic carbocycles. The minimum atomic E-state index is 0.825. The summed E-state index contributed by atoms with van der Waals surface area (Å²) in [5, 5.41) is 1.26. The highest BCUT2D eigenvalue weighted by atomic mass is 16.5. The van der Waals surface area contributed by atoms with Crippen LogP contribution in [0.25, 0.3) is 11.0 Å². The average molecular weight is 245 g/mol. The van der Waals surface area contributed by atoms with E-state index < -0.39 is 0 Å². The standard InChI is InChI=1S/C14H19N3O/c1-16(2)8-9-17-13-11(5-3-7-15-13)12-6-4-10-18-14(12)17/h3,5,7H,4,6,8-10H2,1-2H3. The predicted octanol–water partition coefficient (Wildman–Crippen LogP) is 1.92. The Morgan fingerprint density at radius 3 is 3.17 bits per heavy atom. The lowest BCUT2D eigenvalue weighted by atomic mass is 10.1. The van der Waals surface area contributed by atoms with Gasteiger partial charge in [0.1, 0.15) is 5.65 Å². The van der Waals surface area contributed by atoms with Crippen molar-refractivity contribution in [1.29, 1.82) is 0 Å². The van der Waals surface area contributed by atoms with Gasteiger partial charge in [-0.1, -0.05) is 0 Å². The van der Waals surface area contributed by atoms with Crippen LogP contribution < -0.4 is 4.74 Å². The summed E-state index contributed by atoms with van der Waals surface area (Å²) < 4.78 is 8.10. The number of nitrogens with zero attached hydrogens (tertiary/aromatic N) is 3. The smallest absolute Gasteiger partial charge is 0.199 e. The maximum atomic E-state index is 5.88. The van der Waals surface area contributed by atoms with Gasteiger partial charge in [-0.15, -0.1) is 0 Å². The maximum absolute atomic E-state index is 5.88. The van der Waals surface area contributed by atoms with Crippen LogP contribution in [0.5, 0.6) is 5.88 Å². The van der Waals surface area contributed by atoms with Crippen molar-refractivity contribution in [3.05, 3.63) is 23.9 Å². The number of hydrogen-bond acceptors (Lipinski definition) is 3. The van der Waals surface area contributed by atoms with Gasteiger partial charge in [0.2, 0.25) is 0 Å². The zero-order chi connectivity index (χ0) is 12.5. The molecule has 18 heavy (non-hydrogen) atoms. The summed E-state index contributed by atoms with van der Waals surface area (Å²) in [7, 11) is 4.18. The molecule has 0 fully saturated rings. The van der Waals surface area contributed by atoms with E-state index in [4.69, 9.17) is 4.74 Å². The third-order valence-corrected chi connectivity index (χ3v) is 3.45. The number of ether oxygens (including phenoxy) is 1. The van der Waals surface area contributed by atoms with Crippen LogP contribution in [0.1, 0.15) is 12.0 Å². The number of pyridine rings is 1. The first-order valence-corrected chi connectivity index (χ1v) is 6.51. The Labute approximate surface area is 107 Å². The molecule has 2 aromatic rings. The molecule has 0 N–H and O–H groups in total. The lowest BCUT2D eigenvalue weighted by Gasteiger charge is -2.18. The van der Waals surface area contributed by atoms with E-state index in [1.54, 1.807) is 0 Å². The molecule has 96 valence electrons. The Balaban J connectivity index is 2.10. The third-order valence-electron chi connectivity index (χ3n) is 3.45. The quantitative estimate of drug-likeness (QED) is 0.827. The number of hydrogen-bond donors (Lipinski definition) is 0. The molecule has 4 nitrogen and oxygen atoms in total. The molecule has 3 rings (SSSR count). The van der Waals surface area contributed by atoms with Gasteiger partial charge in [0.25, 0.3) is 0 Å². The summed E-state index contributed by atoms with van der Waals surface area (Å²) >= 11 is 0. The zero-order valence-corrected chi connectivity index (χ0v) is 11.0. The Bertz CT molecular complexity index is 559. The molecule has 4 heteroatoms. The summed E-state index contributed by atoms with van der Waals surface area (Å²) in [4.78, 5) is 6.71. The van der Waals surface area contributed by atoms with E-state index in [1.807, 2.05) is 12.3 Å². The SMILES string of the molecule is CN(C)CCn1c2c(c3cccnc31)CCCO2. The first-order valence-electron chi connectivity index (χ1n) is 6.51. The molecule has 0 atom stereocenters. The summed E-state index contributed by atoms with van der Waals surface area (Å²) in [5.41, 5.74) is 2.40. The predicted molar refractivity (Wildman–Crippen MR) is 72.1 cm³/mol. The van der Waals surface area contributed by atoms with E-state index in [0.29, 0.717) is 0 Å². The molecule has 2 aromatic heterocycles. The highest BCUT2D eigenvalue weighted by Crippen LogP contribution is 2.34. The normalized spacial score (nSPS) is 14.8. The van der Waals surface area contributed by atoms with Gasteiger partial charge in [0, 0.05) is 30.2 Å². The van der Waals surface area contributed by atoms with Gasteiger partial charge in [-0.05, 0) is 39.1 Å². The fourth-order valence-electron chi connectivity index (χ4n) is 2.55. The Morgan fingerprint density at radius 2 is 2.33 bits per heavy atom. The van der Waals surface area contributed by atoms with Gasteiger partial charge < -0.3 is 9.64 Å². The van der Waals surface area contributed by atoms with Crippen molar-refractivity contribution < 1.29 is 4.74 Å². The molecule has 0 bridgehead atoms. The highest BCUT2D eigenvalue weighted by molar-refractivity contribution is 5.83. The largest absolute Gasteiger partial charge is 0.479 e. The van der Waals surface area contributed by atoms with Crippen LogP contribution in [0.15, 0.2) is 18.3 Å². The minimum Gasteiger partial charge on any atom is -0.479 e. The topological polar surface area (TPSA) is 30.3 Å². The lowest BCUT2D eigenvalue weighted by Crippen LogP contribution is -2.20. The van der Waals surface area contributed by atoms with E-state index in [0.717, 1.165) is 44.1 Å². The average Bonchev–Trinajstić information content (AvgIpc) is 2.71. The van der Waals surface area contributed by atoms with Gasteiger partial charge in [0.05, 0.1) is 6.61 Å². The maximum Gasteiger partial charge on any atom is 0.199 e. The second kappa shape index (κ2) is 4.61. The fraction of sp³-hybridized carbons (Fsp3) is 0.500. The molecule has 0 amide bonds. The number of aryl methyl sites for hydroxylation is 1. The summed E-state index contributed by atoms with van der Waals surface area (Å²) in [6, 6.07) is 4.16. The van der Waals surface area contributed by atoms with Crippen molar-refractivity contribution in [2.45, 2.75) is 19.4 Å². The van der Waals surface area contributed by atoms with Crippen LogP contribution in [0.2, 0.25) is 0 Å². The molecule has 0 aromatic carbocycles. The van der Waals surface area contributed by atoms with E-state index >= 15 is 0 Å². The van der Waals surface area contributed by atoms with E-state index in [-0.39, 0.29) is 0 Å². The molecule has 0 unspecified atom stereocenters. The minimum absolute atomic E-state index is 0.825. The highest BCUT2D eigenvalue weighted by Gasteiger charge is 2.21. The Hall–Kier alpha value is -1.55. The van der Waals surface area contributed by atoms with Gasteiger partial charge in [-0.25, -0.2) is 4.98 Å². The molecule has 0 saturated carbocycles. The van der Waals surface area contributed by atoms with Gasteiger partial charge in [-0.2, -0.15) is 0 Å². The Morgan fingerprint density at radius 1 is 1.44 bits per heavy atom. The van der Waals surface area contributed by atoms with Crippen LogP contribution >= 0.6 is 0 Å². The second-order valence-electron chi connectivity index (χ2n) is 5.07. The molecule has 1 aliphatic rings. The zero-order valence-electron chi connectivity index (χ0n) is 11.0. The van der Waals surface area contributed by atoms with Crippen molar-refractivity contribution in [1.82, 2.24) is 14.5 Å². The van der Waals surface area contributed by atoms with E-state index in [9.17, 15) is 0 Å². The van der Waals surface area contributed by atoms with Crippen molar-refractivity contribution in [3.8, 4) is 5.88 Å². The summed E-state index contributed by atoms with van der Waals surface area (Å²) in [5.74, 6) is 1.04. The van der Waals surface area contributed by atoms with Crippen LogP contribution in [0.4, 0.5) is 0 Å². The third kappa shape index (κ3) is 1.86. The van der Waals surface area contributed by atoms with Crippen LogP contribution in [-0.4, -0.2) is 41.7 Å². The second-order valence-corrected chi connectivity index (χ2v) is 5.07. The number of likely N-dealkylation sites (N-methyl/N-ethyl adjacent to an activating group) is 1. The Kier molecular flexibility index (Phi) is 2.96. The first-order chi connectivity index (χ1) is 8.77. The van der Waals surface area contributed by atoms with Gasteiger partial charge in [-0.3, -0.25) is 4.57 Å². The van der Waals surface area contributed by atoms with Crippen LogP contribution in [-0.2, 0) is 13.0 Å². The van der Waals surface area contributed by atoms with Crippen molar-refractivity contribution >= 4 is 11.0 Å². The van der Waals surface area contributed by atoms with Gasteiger partial charge >= 0.3 is 0 Å². The van der Waals surface area contributed by atoms with Gasteiger partial charge in [0.15, 0.2) is 5.88 Å². The number of fused-ring (bicyclic) bond motifs is 3. The molecular weight excluding hydrogens is 226 g/mol. The van der Waals surface area contributed by atoms with Crippen molar-refractivity contribution in [3.63, 3.8) is 0 Å². The van der Waals surface area contributed by atoms with E-state index in [1.165, 1.54) is 10.9 Å². The number of rotatable bonds is 3. The summed E-state index contributed by atoms with van der Waals surface area (Å²) in [6.07, 6.45) is 4.07. The summed E-state index contributed by atoms with van der Waals surface area (Å²) in [6.45, 7) is 2.75. The van der Waals surface area contributed by atoms with Crippen LogP contribution in [0.3, 0.4) is 0 Å². The lowest BCUT2D eigenvalue weighted by molar-refractivity contribution is 0.260. The molecule has 0 spiro atoms. The molecule has 0 saturated heterocycles. The first kappa shape index (κ1) is 11.5. The molecule has 3 heterocycles. The molecule has 1 aliphatic heterocycles.